The summed E-state index contributed by atoms with van der Waals surface area (Å²) >= 11 is 1.61. The summed E-state index contributed by atoms with van der Waals surface area (Å²) in [4.78, 5) is 6.57. The number of hydrogen-bond donors (Lipinski definition) is 1. The zero-order valence-corrected chi connectivity index (χ0v) is 9.42. The van der Waals surface area contributed by atoms with Crippen LogP contribution in [-0.2, 0) is 0 Å². The molecule has 1 saturated carbocycles. The molecule has 3 nitrogen and oxygen atoms in total. The maximum atomic E-state index is 9.34. The minimum atomic E-state index is -0.450. The number of aliphatic hydroxyl groups excluding tert-OH is 1. The number of hydrogen-bond acceptors (Lipinski definition) is 4. The van der Waals surface area contributed by atoms with Crippen molar-refractivity contribution in [2.75, 3.05) is 18.5 Å². The van der Waals surface area contributed by atoms with Crippen LogP contribution in [0.3, 0.4) is 0 Å². The van der Waals surface area contributed by atoms with Crippen LogP contribution in [0.5, 0.6) is 0 Å². The van der Waals surface area contributed by atoms with Crippen LogP contribution in [-0.4, -0.2) is 23.7 Å². The van der Waals surface area contributed by atoms with Crippen LogP contribution in [0.15, 0.2) is 5.38 Å². The predicted molar refractivity (Wildman–Crippen MR) is 58.7 cm³/mol. The van der Waals surface area contributed by atoms with Crippen molar-refractivity contribution in [2.45, 2.75) is 25.9 Å². The number of nitrogens with zero attached hydrogens (tertiary/aromatic N) is 2. The van der Waals surface area contributed by atoms with Gasteiger partial charge in [0.25, 0.3) is 0 Å². The fourth-order valence-electron chi connectivity index (χ4n) is 1.41. The number of aliphatic hydroxyl groups is 1. The molecule has 1 aliphatic carbocycles. The monoisotopic (exact) mass is 212 g/mol. The Morgan fingerprint density at radius 1 is 1.71 bits per heavy atom. The van der Waals surface area contributed by atoms with Crippen molar-refractivity contribution in [3.63, 3.8) is 0 Å². The van der Waals surface area contributed by atoms with Gasteiger partial charge < -0.3 is 10.0 Å². The van der Waals surface area contributed by atoms with Crippen LogP contribution in [0.2, 0.25) is 0 Å². The topological polar surface area (TPSA) is 36.4 Å². The SMILES string of the molecule is CC(O)c1csc(N(C)CC2CC2)n1. The molecule has 1 atom stereocenters. The minimum Gasteiger partial charge on any atom is -0.387 e. The van der Waals surface area contributed by atoms with E-state index in [2.05, 4.69) is 16.9 Å². The summed E-state index contributed by atoms with van der Waals surface area (Å²) in [5.41, 5.74) is 0.785. The van der Waals surface area contributed by atoms with Crippen LogP contribution in [0.1, 0.15) is 31.6 Å². The molecule has 1 fully saturated rings. The standard InChI is InChI=1S/C10H16N2OS/c1-7(13)9-6-14-10(11-9)12(2)5-8-3-4-8/h6-8,13H,3-5H2,1-2H3. The Morgan fingerprint density at radius 2 is 2.43 bits per heavy atom. The van der Waals surface area contributed by atoms with Crippen LogP contribution in [0.25, 0.3) is 0 Å². The Morgan fingerprint density at radius 3 is 2.93 bits per heavy atom. The molecule has 14 heavy (non-hydrogen) atoms. The molecule has 78 valence electrons. The van der Waals surface area contributed by atoms with Crippen LogP contribution >= 0.6 is 11.3 Å². The summed E-state index contributed by atoms with van der Waals surface area (Å²) in [6.45, 7) is 2.85. The molecule has 0 aliphatic heterocycles. The van der Waals surface area contributed by atoms with Crippen molar-refractivity contribution in [3.05, 3.63) is 11.1 Å². The highest BCUT2D eigenvalue weighted by molar-refractivity contribution is 7.13. The van der Waals surface area contributed by atoms with E-state index in [1.165, 1.54) is 12.8 Å². The van der Waals surface area contributed by atoms with E-state index in [1.54, 1.807) is 18.3 Å². The second kappa shape index (κ2) is 3.87. The number of anilines is 1. The van der Waals surface area contributed by atoms with E-state index in [1.807, 2.05) is 5.38 Å². The van der Waals surface area contributed by atoms with Crippen molar-refractivity contribution in [1.82, 2.24) is 4.98 Å². The third kappa shape index (κ3) is 2.25. The van der Waals surface area contributed by atoms with Gasteiger partial charge in [-0.1, -0.05) is 0 Å². The Balaban J connectivity index is 1.99. The van der Waals surface area contributed by atoms with Gasteiger partial charge in [-0.3, -0.25) is 0 Å². The van der Waals surface area contributed by atoms with E-state index >= 15 is 0 Å². The third-order valence-corrected chi connectivity index (χ3v) is 3.47. The highest BCUT2D eigenvalue weighted by Gasteiger charge is 2.24. The first-order valence-corrected chi connectivity index (χ1v) is 5.89. The van der Waals surface area contributed by atoms with Gasteiger partial charge in [-0.15, -0.1) is 11.3 Å². The quantitative estimate of drug-likeness (QED) is 0.829. The molecule has 2 rings (SSSR count). The molecular weight excluding hydrogens is 196 g/mol. The maximum Gasteiger partial charge on any atom is 0.185 e. The van der Waals surface area contributed by atoms with Crippen molar-refractivity contribution in [2.24, 2.45) is 5.92 Å². The molecule has 1 unspecified atom stereocenters. The summed E-state index contributed by atoms with van der Waals surface area (Å²) in [5.74, 6) is 0.874. The van der Waals surface area contributed by atoms with Crippen molar-refractivity contribution in [3.8, 4) is 0 Å². The van der Waals surface area contributed by atoms with Gasteiger partial charge in [0.05, 0.1) is 11.8 Å². The average Bonchev–Trinajstić information content (AvgIpc) is 2.81. The van der Waals surface area contributed by atoms with Gasteiger partial charge in [-0.05, 0) is 25.7 Å². The Bertz CT molecular complexity index is 307. The summed E-state index contributed by atoms with van der Waals surface area (Å²) in [6.07, 6.45) is 2.27. The van der Waals surface area contributed by atoms with E-state index in [-0.39, 0.29) is 0 Å². The molecule has 0 saturated heterocycles. The summed E-state index contributed by atoms with van der Waals surface area (Å²) in [5, 5.41) is 12.3. The lowest BCUT2D eigenvalue weighted by molar-refractivity contribution is 0.195. The lowest BCUT2D eigenvalue weighted by atomic mass is 10.3. The molecule has 4 heteroatoms. The van der Waals surface area contributed by atoms with Crippen molar-refractivity contribution in [1.29, 1.82) is 0 Å². The predicted octanol–water partition coefficient (Wildman–Crippen LogP) is 2.04. The highest BCUT2D eigenvalue weighted by atomic mass is 32.1. The first kappa shape index (κ1) is 9.93. The smallest absolute Gasteiger partial charge is 0.185 e. The lowest BCUT2D eigenvalue weighted by Crippen LogP contribution is -2.19. The van der Waals surface area contributed by atoms with Gasteiger partial charge in [-0.25, -0.2) is 4.98 Å². The van der Waals surface area contributed by atoms with E-state index in [0.29, 0.717) is 0 Å². The summed E-state index contributed by atoms with van der Waals surface area (Å²) in [6, 6.07) is 0. The number of aromatic nitrogens is 1. The molecule has 1 aromatic heterocycles. The minimum absolute atomic E-state index is 0.450. The van der Waals surface area contributed by atoms with Crippen LogP contribution < -0.4 is 4.90 Å². The highest BCUT2D eigenvalue weighted by Crippen LogP contribution is 2.32. The Labute approximate surface area is 88.4 Å². The van der Waals surface area contributed by atoms with Gasteiger partial charge >= 0.3 is 0 Å². The molecule has 1 aromatic rings. The molecule has 1 heterocycles. The van der Waals surface area contributed by atoms with Crippen molar-refractivity contribution < 1.29 is 5.11 Å². The van der Waals surface area contributed by atoms with Crippen LogP contribution in [0.4, 0.5) is 5.13 Å². The van der Waals surface area contributed by atoms with Gasteiger partial charge in [-0.2, -0.15) is 0 Å². The number of rotatable bonds is 4. The molecule has 1 N–H and O–H groups in total. The first-order chi connectivity index (χ1) is 6.66. The summed E-state index contributed by atoms with van der Waals surface area (Å²) in [7, 11) is 2.07. The second-order valence-corrected chi connectivity index (χ2v) is 4.89. The van der Waals surface area contributed by atoms with E-state index in [9.17, 15) is 5.11 Å². The Kier molecular flexibility index (Phi) is 2.74. The normalized spacial score (nSPS) is 18.2. The largest absolute Gasteiger partial charge is 0.387 e. The maximum absolute atomic E-state index is 9.34. The fraction of sp³-hybridized carbons (Fsp3) is 0.700. The van der Waals surface area contributed by atoms with E-state index < -0.39 is 6.10 Å². The molecule has 0 aromatic carbocycles. The molecule has 0 radical (unpaired) electrons. The first-order valence-electron chi connectivity index (χ1n) is 5.01. The van der Waals surface area contributed by atoms with Gasteiger partial charge in [0.2, 0.25) is 0 Å². The molecule has 0 spiro atoms. The third-order valence-electron chi connectivity index (χ3n) is 2.49. The average molecular weight is 212 g/mol. The van der Waals surface area contributed by atoms with Crippen LogP contribution in [0, 0.1) is 5.92 Å². The van der Waals surface area contributed by atoms with Gasteiger partial charge in [0.15, 0.2) is 5.13 Å². The molecule has 0 bridgehead atoms. The molecule has 0 amide bonds. The second-order valence-electron chi connectivity index (χ2n) is 4.05. The van der Waals surface area contributed by atoms with E-state index in [4.69, 9.17) is 0 Å². The zero-order valence-electron chi connectivity index (χ0n) is 8.60. The Hall–Kier alpha value is -0.610. The van der Waals surface area contributed by atoms with Gasteiger partial charge in [0, 0.05) is 19.0 Å². The fourth-order valence-corrected chi connectivity index (χ4v) is 2.30. The summed E-state index contributed by atoms with van der Waals surface area (Å²) < 4.78 is 0. The zero-order chi connectivity index (χ0) is 10.1. The van der Waals surface area contributed by atoms with Gasteiger partial charge in [0.1, 0.15) is 0 Å². The lowest BCUT2D eigenvalue weighted by Gasteiger charge is -2.14. The van der Waals surface area contributed by atoms with Crippen molar-refractivity contribution >= 4 is 16.5 Å². The van der Waals surface area contributed by atoms with E-state index in [0.717, 1.165) is 23.3 Å². The molecule has 1 aliphatic rings. The molecular formula is C10H16N2OS. The number of thiazole rings is 1.